The van der Waals surface area contributed by atoms with E-state index in [0.717, 1.165) is 68.3 Å². The van der Waals surface area contributed by atoms with Crippen LogP contribution in [0.25, 0.3) is 10.9 Å². The van der Waals surface area contributed by atoms with Gasteiger partial charge in [0.1, 0.15) is 5.82 Å². The molecule has 0 saturated carbocycles. The topological polar surface area (TPSA) is 28.6 Å². The summed E-state index contributed by atoms with van der Waals surface area (Å²) in [5.74, 6) is 0.606. The summed E-state index contributed by atoms with van der Waals surface area (Å²) < 4.78 is 19.3. The second-order valence-electron chi connectivity index (χ2n) is 7.27. The minimum atomic E-state index is -0.169. The van der Waals surface area contributed by atoms with E-state index in [2.05, 4.69) is 14.8 Å². The number of benzene rings is 1. The van der Waals surface area contributed by atoms with Gasteiger partial charge in [-0.1, -0.05) is 6.07 Å². The van der Waals surface area contributed by atoms with Crippen molar-refractivity contribution >= 4 is 10.9 Å². The molecule has 4 nitrogen and oxygen atoms in total. The lowest BCUT2D eigenvalue weighted by atomic mass is 9.95. The van der Waals surface area contributed by atoms with Crippen LogP contribution in [0.3, 0.4) is 0 Å². The summed E-state index contributed by atoms with van der Waals surface area (Å²) in [5.41, 5.74) is 1.93. The Morgan fingerprint density at radius 1 is 1.08 bits per heavy atom. The zero-order valence-corrected chi connectivity index (χ0v) is 14.7. The fraction of sp³-hybridized carbons (Fsp3) is 0.550. The smallest absolute Gasteiger partial charge is 0.124 e. The van der Waals surface area contributed by atoms with Gasteiger partial charge in [0.15, 0.2) is 0 Å². The van der Waals surface area contributed by atoms with Gasteiger partial charge in [0.2, 0.25) is 0 Å². The molecule has 2 aliphatic heterocycles. The Morgan fingerprint density at radius 3 is 2.68 bits per heavy atom. The predicted octanol–water partition coefficient (Wildman–Crippen LogP) is 2.92. The maximum atomic E-state index is 13.9. The van der Waals surface area contributed by atoms with Crippen LogP contribution in [0.4, 0.5) is 4.39 Å². The number of hydrogen-bond donors (Lipinski definition) is 0. The molecule has 2 fully saturated rings. The van der Waals surface area contributed by atoms with Crippen molar-refractivity contribution in [2.75, 3.05) is 45.9 Å². The van der Waals surface area contributed by atoms with Gasteiger partial charge in [-0.15, -0.1) is 0 Å². The maximum Gasteiger partial charge on any atom is 0.124 e. The lowest BCUT2D eigenvalue weighted by Gasteiger charge is -2.36. The van der Waals surface area contributed by atoms with Crippen LogP contribution in [-0.2, 0) is 11.3 Å². The number of piperidine rings is 1. The summed E-state index contributed by atoms with van der Waals surface area (Å²) in [4.78, 5) is 9.45. The molecule has 0 atom stereocenters. The van der Waals surface area contributed by atoms with Crippen molar-refractivity contribution in [1.29, 1.82) is 0 Å². The Hall–Kier alpha value is -1.56. The van der Waals surface area contributed by atoms with E-state index in [9.17, 15) is 4.39 Å². The normalized spacial score (nSPS) is 21.0. The first-order valence-electron chi connectivity index (χ1n) is 9.33. The minimum Gasteiger partial charge on any atom is -0.379 e. The standard InChI is InChI=1S/C20H26FN3O/c21-19-12-17-2-1-5-22-20(17)18(13-19)15-23-6-3-16(4-7-23)14-24-8-10-25-11-9-24/h1-2,5,12-13,16H,3-4,6-11,14-15H2. The molecule has 3 heterocycles. The SMILES string of the molecule is Fc1cc(CN2CCC(CN3CCOCC3)CC2)c2ncccc2c1. The van der Waals surface area contributed by atoms with Crippen LogP contribution in [0, 0.1) is 11.7 Å². The molecule has 2 aliphatic rings. The van der Waals surface area contributed by atoms with E-state index in [1.165, 1.54) is 19.4 Å². The van der Waals surface area contributed by atoms with Gasteiger partial charge in [-0.2, -0.15) is 0 Å². The van der Waals surface area contributed by atoms with E-state index in [0.29, 0.717) is 0 Å². The van der Waals surface area contributed by atoms with Crippen LogP contribution in [0.5, 0.6) is 0 Å². The number of pyridine rings is 1. The highest BCUT2D eigenvalue weighted by Crippen LogP contribution is 2.24. The minimum absolute atomic E-state index is 0.169. The van der Waals surface area contributed by atoms with Crippen molar-refractivity contribution in [2.45, 2.75) is 19.4 Å². The number of morpholine rings is 1. The highest BCUT2D eigenvalue weighted by atomic mass is 19.1. The first-order chi connectivity index (χ1) is 12.3. The van der Waals surface area contributed by atoms with E-state index in [1.807, 2.05) is 12.1 Å². The van der Waals surface area contributed by atoms with E-state index < -0.39 is 0 Å². The van der Waals surface area contributed by atoms with Crippen molar-refractivity contribution in [3.05, 3.63) is 41.8 Å². The van der Waals surface area contributed by atoms with E-state index in [-0.39, 0.29) is 5.82 Å². The second-order valence-corrected chi connectivity index (χ2v) is 7.27. The number of nitrogens with zero attached hydrogens (tertiary/aromatic N) is 3. The molecule has 0 radical (unpaired) electrons. The fourth-order valence-corrected chi connectivity index (χ4v) is 4.06. The molecule has 134 valence electrons. The van der Waals surface area contributed by atoms with Gasteiger partial charge in [-0.05, 0) is 55.6 Å². The van der Waals surface area contributed by atoms with Crippen molar-refractivity contribution in [2.24, 2.45) is 5.92 Å². The van der Waals surface area contributed by atoms with Crippen LogP contribution in [-0.4, -0.2) is 60.7 Å². The molecule has 1 aromatic carbocycles. The molecule has 1 aromatic heterocycles. The number of rotatable bonds is 4. The number of halogens is 1. The summed E-state index contributed by atoms with van der Waals surface area (Å²) in [6.45, 7) is 8.04. The third-order valence-electron chi connectivity index (χ3n) is 5.47. The summed E-state index contributed by atoms with van der Waals surface area (Å²) >= 11 is 0. The number of ether oxygens (including phenoxy) is 1. The molecule has 5 heteroatoms. The molecule has 0 spiro atoms. The molecule has 0 unspecified atom stereocenters. The largest absolute Gasteiger partial charge is 0.379 e. The highest BCUT2D eigenvalue weighted by molar-refractivity contribution is 5.81. The summed E-state index contributed by atoms with van der Waals surface area (Å²) in [6.07, 6.45) is 4.23. The quantitative estimate of drug-likeness (QED) is 0.853. The molecule has 0 aliphatic carbocycles. The van der Waals surface area contributed by atoms with Gasteiger partial charge in [0.05, 0.1) is 18.7 Å². The highest BCUT2D eigenvalue weighted by Gasteiger charge is 2.23. The molecule has 0 bridgehead atoms. The Morgan fingerprint density at radius 2 is 1.88 bits per heavy atom. The van der Waals surface area contributed by atoms with Crippen LogP contribution in [0.2, 0.25) is 0 Å². The lowest BCUT2D eigenvalue weighted by Crippen LogP contribution is -2.42. The van der Waals surface area contributed by atoms with Crippen LogP contribution in [0.15, 0.2) is 30.5 Å². The molecule has 2 saturated heterocycles. The van der Waals surface area contributed by atoms with Crippen LogP contribution in [0.1, 0.15) is 18.4 Å². The average Bonchev–Trinajstić information content (AvgIpc) is 2.64. The monoisotopic (exact) mass is 343 g/mol. The Bertz CT molecular complexity index is 709. The van der Waals surface area contributed by atoms with Gasteiger partial charge in [0.25, 0.3) is 0 Å². The number of fused-ring (bicyclic) bond motifs is 1. The van der Waals surface area contributed by atoms with E-state index >= 15 is 0 Å². The maximum absolute atomic E-state index is 13.9. The lowest BCUT2D eigenvalue weighted by molar-refractivity contribution is 0.0242. The van der Waals surface area contributed by atoms with Gasteiger partial charge < -0.3 is 4.74 Å². The zero-order chi connectivity index (χ0) is 17.1. The number of hydrogen-bond acceptors (Lipinski definition) is 4. The first kappa shape index (κ1) is 16.9. The summed E-state index contributed by atoms with van der Waals surface area (Å²) in [7, 11) is 0. The molecule has 25 heavy (non-hydrogen) atoms. The summed E-state index contributed by atoms with van der Waals surface area (Å²) in [6, 6.07) is 7.02. The molecule has 0 amide bonds. The molecule has 4 rings (SSSR count). The number of aromatic nitrogens is 1. The third kappa shape index (κ3) is 4.17. The average molecular weight is 343 g/mol. The Labute approximate surface area is 148 Å². The van der Waals surface area contributed by atoms with E-state index in [1.54, 1.807) is 18.3 Å². The molecule has 0 N–H and O–H groups in total. The van der Waals surface area contributed by atoms with Crippen molar-refractivity contribution in [1.82, 2.24) is 14.8 Å². The zero-order valence-electron chi connectivity index (χ0n) is 14.7. The number of likely N-dealkylation sites (tertiary alicyclic amines) is 1. The third-order valence-corrected chi connectivity index (χ3v) is 5.47. The van der Waals surface area contributed by atoms with Crippen molar-refractivity contribution in [3.8, 4) is 0 Å². The van der Waals surface area contributed by atoms with E-state index in [4.69, 9.17) is 4.74 Å². The van der Waals surface area contributed by atoms with Crippen LogP contribution >= 0.6 is 0 Å². The van der Waals surface area contributed by atoms with Crippen LogP contribution < -0.4 is 0 Å². The molecular weight excluding hydrogens is 317 g/mol. The van der Waals surface area contributed by atoms with Gasteiger partial charge >= 0.3 is 0 Å². The Balaban J connectivity index is 1.36. The fourth-order valence-electron chi connectivity index (χ4n) is 4.06. The van der Waals surface area contributed by atoms with Gasteiger partial charge in [-0.3, -0.25) is 14.8 Å². The molecular formula is C20H26FN3O. The Kier molecular flexibility index (Phi) is 5.25. The van der Waals surface area contributed by atoms with Gasteiger partial charge in [-0.25, -0.2) is 4.39 Å². The van der Waals surface area contributed by atoms with Gasteiger partial charge in [0, 0.05) is 37.8 Å². The predicted molar refractivity (Wildman–Crippen MR) is 97.0 cm³/mol. The first-order valence-corrected chi connectivity index (χ1v) is 9.33. The second kappa shape index (κ2) is 7.77. The molecule has 2 aromatic rings. The van der Waals surface area contributed by atoms with Crippen molar-refractivity contribution < 1.29 is 9.13 Å². The van der Waals surface area contributed by atoms with Crippen molar-refractivity contribution in [3.63, 3.8) is 0 Å². The summed E-state index contributed by atoms with van der Waals surface area (Å²) in [5, 5.41) is 0.889.